The summed E-state index contributed by atoms with van der Waals surface area (Å²) in [6.45, 7) is 8.23. The van der Waals surface area contributed by atoms with Gasteiger partial charge in [-0.05, 0) is 78.5 Å². The summed E-state index contributed by atoms with van der Waals surface area (Å²) in [7, 11) is 0. The molecule has 0 saturated carbocycles. The van der Waals surface area contributed by atoms with Gasteiger partial charge in [0, 0.05) is 0 Å². The van der Waals surface area contributed by atoms with E-state index in [1.165, 1.54) is 79.7 Å². The van der Waals surface area contributed by atoms with Crippen molar-refractivity contribution in [2.75, 3.05) is 19.6 Å². The number of fused-ring (bicyclic) bond motifs is 3. The summed E-state index contributed by atoms with van der Waals surface area (Å²) >= 11 is 0. The zero-order chi connectivity index (χ0) is 21.2. The standard InChI is InChI=1S/C28H39NO/c1-3-5-19-29(20-6-4-2)21-13-7-8-18-28(30)27-22-23-14-9-10-15-24(23)25-16-11-12-17-26(25)27/h9-12,14-17,22,28,30H,3-8,13,18-21H2,1-2H3/t28-/m0/s1. The van der Waals surface area contributed by atoms with Gasteiger partial charge in [0.15, 0.2) is 0 Å². The molecule has 3 rings (SSSR count). The Morgan fingerprint density at radius 3 is 2.00 bits per heavy atom. The van der Waals surface area contributed by atoms with Gasteiger partial charge in [0.25, 0.3) is 0 Å². The minimum atomic E-state index is -0.393. The Morgan fingerprint density at radius 1 is 0.700 bits per heavy atom. The second-order valence-corrected chi connectivity index (χ2v) is 8.65. The average molecular weight is 406 g/mol. The molecule has 0 amide bonds. The molecule has 162 valence electrons. The quantitative estimate of drug-likeness (QED) is 0.235. The van der Waals surface area contributed by atoms with Gasteiger partial charge >= 0.3 is 0 Å². The van der Waals surface area contributed by atoms with Crippen molar-refractivity contribution < 1.29 is 5.11 Å². The highest BCUT2D eigenvalue weighted by Gasteiger charge is 2.13. The van der Waals surface area contributed by atoms with Crippen LogP contribution in [0.15, 0.2) is 54.6 Å². The maximum absolute atomic E-state index is 11.0. The number of nitrogens with zero attached hydrogens (tertiary/aromatic N) is 1. The summed E-state index contributed by atoms with van der Waals surface area (Å²) in [5, 5.41) is 15.9. The fourth-order valence-corrected chi connectivity index (χ4v) is 4.46. The molecule has 0 aliphatic heterocycles. The molecule has 0 radical (unpaired) electrons. The van der Waals surface area contributed by atoms with Crippen LogP contribution in [0.1, 0.15) is 76.9 Å². The second kappa shape index (κ2) is 12.1. The largest absolute Gasteiger partial charge is 0.388 e. The van der Waals surface area contributed by atoms with Crippen LogP contribution in [0.25, 0.3) is 21.5 Å². The number of rotatable bonds is 13. The van der Waals surface area contributed by atoms with E-state index in [4.69, 9.17) is 0 Å². The van der Waals surface area contributed by atoms with Crippen LogP contribution in [-0.4, -0.2) is 29.6 Å². The first-order valence-electron chi connectivity index (χ1n) is 12.1. The fraction of sp³-hybridized carbons (Fsp3) is 0.500. The molecule has 0 aliphatic carbocycles. The first-order chi connectivity index (χ1) is 14.7. The van der Waals surface area contributed by atoms with Gasteiger partial charge in [-0.1, -0.05) is 88.1 Å². The van der Waals surface area contributed by atoms with Crippen molar-refractivity contribution in [2.24, 2.45) is 0 Å². The molecule has 1 atom stereocenters. The Balaban J connectivity index is 1.57. The predicted molar refractivity (Wildman–Crippen MR) is 131 cm³/mol. The maximum Gasteiger partial charge on any atom is 0.0796 e. The van der Waals surface area contributed by atoms with Gasteiger partial charge in [-0.2, -0.15) is 0 Å². The Labute approximate surface area is 182 Å². The lowest BCUT2D eigenvalue weighted by molar-refractivity contribution is 0.164. The van der Waals surface area contributed by atoms with E-state index in [1.807, 2.05) is 0 Å². The van der Waals surface area contributed by atoms with Crippen molar-refractivity contribution in [1.29, 1.82) is 0 Å². The monoisotopic (exact) mass is 405 g/mol. The lowest BCUT2D eigenvalue weighted by Gasteiger charge is -2.22. The van der Waals surface area contributed by atoms with Crippen molar-refractivity contribution >= 4 is 21.5 Å². The molecule has 0 heterocycles. The van der Waals surface area contributed by atoms with E-state index >= 15 is 0 Å². The van der Waals surface area contributed by atoms with E-state index in [0.29, 0.717) is 0 Å². The van der Waals surface area contributed by atoms with Crippen LogP contribution in [0.5, 0.6) is 0 Å². The SMILES string of the molecule is CCCCN(CCCC)CCCCC[C@H](O)c1cc2ccccc2c2ccccc12. The van der Waals surface area contributed by atoms with E-state index in [1.54, 1.807) is 0 Å². The minimum Gasteiger partial charge on any atom is -0.388 e. The van der Waals surface area contributed by atoms with Crippen LogP contribution in [0, 0.1) is 0 Å². The molecule has 3 aromatic rings. The lowest BCUT2D eigenvalue weighted by atomic mass is 9.92. The third-order valence-electron chi connectivity index (χ3n) is 6.27. The summed E-state index contributed by atoms with van der Waals surface area (Å²) in [5.41, 5.74) is 1.08. The van der Waals surface area contributed by atoms with Gasteiger partial charge in [0.05, 0.1) is 6.10 Å². The van der Waals surface area contributed by atoms with Crippen LogP contribution in [0.3, 0.4) is 0 Å². The Morgan fingerprint density at radius 2 is 1.30 bits per heavy atom. The maximum atomic E-state index is 11.0. The predicted octanol–water partition coefficient (Wildman–Crippen LogP) is 7.49. The summed E-state index contributed by atoms with van der Waals surface area (Å²) in [4.78, 5) is 2.64. The molecule has 0 aliphatic rings. The average Bonchev–Trinajstić information content (AvgIpc) is 2.79. The zero-order valence-electron chi connectivity index (χ0n) is 18.9. The van der Waals surface area contributed by atoms with E-state index in [2.05, 4.69) is 73.3 Å². The van der Waals surface area contributed by atoms with Crippen molar-refractivity contribution in [3.8, 4) is 0 Å². The second-order valence-electron chi connectivity index (χ2n) is 8.65. The Bertz CT molecular complexity index is 895. The normalized spacial score (nSPS) is 12.8. The number of hydrogen-bond acceptors (Lipinski definition) is 2. The number of aliphatic hydroxyl groups is 1. The highest BCUT2D eigenvalue weighted by atomic mass is 16.3. The van der Waals surface area contributed by atoms with Crippen LogP contribution in [-0.2, 0) is 0 Å². The van der Waals surface area contributed by atoms with Crippen molar-refractivity contribution in [3.05, 3.63) is 60.2 Å². The molecule has 0 aromatic heterocycles. The summed E-state index contributed by atoms with van der Waals surface area (Å²) in [6.07, 6.45) is 9.11. The first-order valence-corrected chi connectivity index (χ1v) is 12.1. The van der Waals surface area contributed by atoms with Gasteiger partial charge in [0.1, 0.15) is 0 Å². The molecule has 0 saturated heterocycles. The summed E-state index contributed by atoms with van der Waals surface area (Å²) in [6, 6.07) is 19.2. The van der Waals surface area contributed by atoms with E-state index in [9.17, 15) is 5.11 Å². The van der Waals surface area contributed by atoms with Gasteiger partial charge < -0.3 is 10.0 Å². The number of benzene rings is 3. The molecule has 1 N–H and O–H groups in total. The van der Waals surface area contributed by atoms with Crippen LogP contribution in [0.2, 0.25) is 0 Å². The molecule has 2 nitrogen and oxygen atoms in total. The van der Waals surface area contributed by atoms with Crippen LogP contribution >= 0.6 is 0 Å². The lowest BCUT2D eigenvalue weighted by Crippen LogP contribution is -2.27. The van der Waals surface area contributed by atoms with E-state index in [-0.39, 0.29) is 0 Å². The van der Waals surface area contributed by atoms with Gasteiger partial charge in [-0.3, -0.25) is 0 Å². The topological polar surface area (TPSA) is 23.5 Å². The molecule has 0 fully saturated rings. The molecule has 3 aromatic carbocycles. The molecule has 0 spiro atoms. The highest BCUT2D eigenvalue weighted by molar-refractivity contribution is 6.09. The smallest absolute Gasteiger partial charge is 0.0796 e. The third kappa shape index (κ3) is 6.06. The van der Waals surface area contributed by atoms with E-state index in [0.717, 1.165) is 18.4 Å². The molecule has 2 heteroatoms. The van der Waals surface area contributed by atoms with Gasteiger partial charge in [0.2, 0.25) is 0 Å². The minimum absolute atomic E-state index is 0.393. The Hall–Kier alpha value is -1.90. The molecular weight excluding hydrogens is 366 g/mol. The van der Waals surface area contributed by atoms with Crippen molar-refractivity contribution in [3.63, 3.8) is 0 Å². The summed E-state index contributed by atoms with van der Waals surface area (Å²) < 4.78 is 0. The molecule has 0 unspecified atom stereocenters. The number of aliphatic hydroxyl groups excluding tert-OH is 1. The first kappa shape index (κ1) is 22.8. The zero-order valence-corrected chi connectivity index (χ0v) is 18.9. The van der Waals surface area contributed by atoms with Gasteiger partial charge in [-0.25, -0.2) is 0 Å². The number of hydrogen-bond donors (Lipinski definition) is 1. The van der Waals surface area contributed by atoms with Crippen molar-refractivity contribution in [2.45, 2.75) is 71.3 Å². The molecule has 0 bridgehead atoms. The fourth-order valence-electron chi connectivity index (χ4n) is 4.46. The summed E-state index contributed by atoms with van der Waals surface area (Å²) in [5.74, 6) is 0. The molecular formula is C28H39NO. The van der Waals surface area contributed by atoms with Crippen molar-refractivity contribution in [1.82, 2.24) is 4.90 Å². The Kier molecular flexibility index (Phi) is 9.17. The number of unbranched alkanes of at least 4 members (excludes halogenated alkanes) is 4. The third-order valence-corrected chi connectivity index (χ3v) is 6.27. The van der Waals surface area contributed by atoms with Crippen LogP contribution in [0.4, 0.5) is 0 Å². The highest BCUT2D eigenvalue weighted by Crippen LogP contribution is 2.33. The van der Waals surface area contributed by atoms with Gasteiger partial charge in [-0.15, -0.1) is 0 Å². The van der Waals surface area contributed by atoms with Crippen LogP contribution < -0.4 is 0 Å². The van der Waals surface area contributed by atoms with E-state index < -0.39 is 6.10 Å². The molecule has 30 heavy (non-hydrogen) atoms.